The van der Waals surface area contributed by atoms with Crippen LogP contribution in [0.2, 0.25) is 0 Å². The van der Waals surface area contributed by atoms with Gasteiger partial charge in [0.05, 0.1) is 12.5 Å². The van der Waals surface area contributed by atoms with Crippen LogP contribution in [0.3, 0.4) is 0 Å². The zero-order valence-electron chi connectivity index (χ0n) is 9.95. The fraction of sp³-hybridized carbons (Fsp3) is 0.692. The summed E-state index contributed by atoms with van der Waals surface area (Å²) in [6.45, 7) is 5.05. The average molecular weight is 223 g/mol. The van der Waals surface area contributed by atoms with Crippen LogP contribution in [-0.2, 0) is 4.74 Å². The molecule has 0 radical (unpaired) electrons. The molecule has 1 aliphatic heterocycles. The van der Waals surface area contributed by atoms with E-state index in [1.54, 1.807) is 6.26 Å². The van der Waals surface area contributed by atoms with Gasteiger partial charge in [-0.1, -0.05) is 6.92 Å². The van der Waals surface area contributed by atoms with Gasteiger partial charge in [-0.05, 0) is 37.8 Å². The van der Waals surface area contributed by atoms with Crippen LogP contribution in [0, 0.1) is 5.92 Å². The van der Waals surface area contributed by atoms with E-state index < -0.39 is 0 Å². The van der Waals surface area contributed by atoms with Gasteiger partial charge in [0.1, 0.15) is 0 Å². The zero-order chi connectivity index (χ0) is 11.2. The topological polar surface area (TPSA) is 34.4 Å². The molecule has 0 spiro atoms. The van der Waals surface area contributed by atoms with Gasteiger partial charge in [-0.25, -0.2) is 0 Å². The lowest BCUT2D eigenvalue weighted by molar-refractivity contribution is 0.0535. The van der Waals surface area contributed by atoms with Crippen molar-refractivity contribution in [2.75, 3.05) is 19.8 Å². The minimum absolute atomic E-state index is 0.433. The number of hydrogen-bond donors (Lipinski definition) is 1. The maximum atomic E-state index is 5.42. The summed E-state index contributed by atoms with van der Waals surface area (Å²) >= 11 is 0. The van der Waals surface area contributed by atoms with Gasteiger partial charge in [0.15, 0.2) is 0 Å². The molecular formula is C13H21NO2. The molecule has 1 N–H and O–H groups in total. The minimum Gasteiger partial charge on any atom is -0.472 e. The molecule has 2 heterocycles. The lowest BCUT2D eigenvalue weighted by Gasteiger charge is -2.30. The highest BCUT2D eigenvalue weighted by molar-refractivity contribution is 5.13. The van der Waals surface area contributed by atoms with Crippen molar-refractivity contribution in [3.63, 3.8) is 0 Å². The van der Waals surface area contributed by atoms with Gasteiger partial charge in [-0.2, -0.15) is 0 Å². The molecule has 0 aliphatic carbocycles. The van der Waals surface area contributed by atoms with Crippen LogP contribution in [0.5, 0.6) is 0 Å². The van der Waals surface area contributed by atoms with Crippen molar-refractivity contribution in [3.05, 3.63) is 24.2 Å². The van der Waals surface area contributed by atoms with Crippen molar-refractivity contribution in [2.24, 2.45) is 5.92 Å². The summed E-state index contributed by atoms with van der Waals surface area (Å²) < 4.78 is 10.6. The highest BCUT2D eigenvalue weighted by Gasteiger charge is 2.25. The fourth-order valence-corrected chi connectivity index (χ4v) is 2.36. The van der Waals surface area contributed by atoms with Crippen molar-refractivity contribution in [1.29, 1.82) is 0 Å². The Morgan fingerprint density at radius 2 is 2.25 bits per heavy atom. The van der Waals surface area contributed by atoms with Gasteiger partial charge >= 0.3 is 0 Å². The van der Waals surface area contributed by atoms with E-state index in [9.17, 15) is 0 Å². The van der Waals surface area contributed by atoms with Gasteiger partial charge in [0, 0.05) is 24.8 Å². The number of ether oxygens (including phenoxy) is 1. The fourth-order valence-electron chi connectivity index (χ4n) is 2.36. The quantitative estimate of drug-likeness (QED) is 0.833. The van der Waals surface area contributed by atoms with Crippen LogP contribution in [-0.4, -0.2) is 19.8 Å². The highest BCUT2D eigenvalue weighted by atomic mass is 16.5. The Morgan fingerprint density at radius 1 is 1.44 bits per heavy atom. The molecule has 0 saturated carbocycles. The summed E-state index contributed by atoms with van der Waals surface area (Å²) in [6.07, 6.45) is 7.08. The number of hydrogen-bond acceptors (Lipinski definition) is 3. The molecule has 1 aliphatic rings. The molecule has 1 saturated heterocycles. The lowest BCUT2D eigenvalue weighted by atomic mass is 9.88. The Bertz CT molecular complexity index is 278. The van der Waals surface area contributed by atoms with E-state index in [4.69, 9.17) is 9.15 Å². The van der Waals surface area contributed by atoms with Crippen molar-refractivity contribution >= 4 is 0 Å². The normalized spacial score (nSPS) is 19.8. The predicted octanol–water partition coefficient (Wildman–Crippen LogP) is 2.75. The molecule has 0 aromatic carbocycles. The summed E-state index contributed by atoms with van der Waals surface area (Å²) in [5.74, 6) is 0.679. The number of furan rings is 1. The van der Waals surface area contributed by atoms with Crippen molar-refractivity contribution in [3.8, 4) is 0 Å². The molecule has 1 unspecified atom stereocenters. The lowest BCUT2D eigenvalue weighted by Crippen LogP contribution is -2.32. The smallest absolute Gasteiger partial charge is 0.0950 e. The third kappa shape index (κ3) is 2.86. The maximum Gasteiger partial charge on any atom is 0.0950 e. The van der Waals surface area contributed by atoms with E-state index >= 15 is 0 Å². The van der Waals surface area contributed by atoms with E-state index in [0.29, 0.717) is 12.0 Å². The monoisotopic (exact) mass is 223 g/mol. The average Bonchev–Trinajstić information content (AvgIpc) is 2.85. The third-order valence-electron chi connectivity index (χ3n) is 3.25. The van der Waals surface area contributed by atoms with Crippen LogP contribution >= 0.6 is 0 Å². The van der Waals surface area contributed by atoms with E-state index in [2.05, 4.69) is 18.3 Å². The highest BCUT2D eigenvalue weighted by Crippen LogP contribution is 2.30. The molecular weight excluding hydrogens is 202 g/mol. The Kier molecular flexibility index (Phi) is 4.43. The summed E-state index contributed by atoms with van der Waals surface area (Å²) in [4.78, 5) is 0. The van der Waals surface area contributed by atoms with Crippen LogP contribution in [0.15, 0.2) is 23.0 Å². The van der Waals surface area contributed by atoms with Gasteiger partial charge in [0.2, 0.25) is 0 Å². The molecule has 1 aromatic heterocycles. The van der Waals surface area contributed by atoms with E-state index in [1.165, 1.54) is 5.56 Å². The maximum absolute atomic E-state index is 5.42. The van der Waals surface area contributed by atoms with E-state index in [-0.39, 0.29) is 0 Å². The Morgan fingerprint density at radius 3 is 2.88 bits per heavy atom. The van der Waals surface area contributed by atoms with Crippen molar-refractivity contribution < 1.29 is 9.15 Å². The molecule has 0 bridgehead atoms. The first kappa shape index (κ1) is 11.7. The summed E-state index contributed by atoms with van der Waals surface area (Å²) in [6, 6.07) is 2.51. The second-order valence-electron chi connectivity index (χ2n) is 4.44. The standard InChI is InChI=1S/C13H21NO2/c1-2-6-14-13(12-5-9-16-10-12)11-3-7-15-8-4-11/h5,9-11,13-14H,2-4,6-8H2,1H3. The van der Waals surface area contributed by atoms with Gasteiger partial charge in [-0.15, -0.1) is 0 Å². The first-order valence-electron chi connectivity index (χ1n) is 6.25. The van der Waals surface area contributed by atoms with Crippen LogP contribution in [0.25, 0.3) is 0 Å². The predicted molar refractivity (Wildman–Crippen MR) is 63.3 cm³/mol. The van der Waals surface area contributed by atoms with Crippen molar-refractivity contribution in [2.45, 2.75) is 32.2 Å². The Hall–Kier alpha value is -0.800. The van der Waals surface area contributed by atoms with Gasteiger partial charge in [0.25, 0.3) is 0 Å². The van der Waals surface area contributed by atoms with E-state index in [1.807, 2.05) is 6.26 Å². The van der Waals surface area contributed by atoms with Gasteiger partial charge in [-0.3, -0.25) is 0 Å². The largest absolute Gasteiger partial charge is 0.472 e. The summed E-state index contributed by atoms with van der Waals surface area (Å²) in [5.41, 5.74) is 1.28. The van der Waals surface area contributed by atoms with Crippen molar-refractivity contribution in [1.82, 2.24) is 5.32 Å². The van der Waals surface area contributed by atoms with Crippen LogP contribution < -0.4 is 5.32 Å². The molecule has 3 heteroatoms. The molecule has 2 rings (SSSR count). The third-order valence-corrected chi connectivity index (χ3v) is 3.25. The SMILES string of the molecule is CCCNC(c1ccoc1)C1CCOCC1. The van der Waals surface area contributed by atoms with Crippen LogP contribution in [0.4, 0.5) is 0 Å². The first-order valence-corrected chi connectivity index (χ1v) is 6.25. The minimum atomic E-state index is 0.433. The van der Waals surface area contributed by atoms with Crippen LogP contribution in [0.1, 0.15) is 37.8 Å². The molecule has 1 atom stereocenters. The Labute approximate surface area is 97.2 Å². The first-order chi connectivity index (χ1) is 7.92. The zero-order valence-corrected chi connectivity index (χ0v) is 9.95. The number of rotatable bonds is 5. The summed E-state index contributed by atoms with van der Waals surface area (Å²) in [7, 11) is 0. The number of nitrogens with one attached hydrogen (secondary N) is 1. The second kappa shape index (κ2) is 6.06. The molecule has 1 aromatic rings. The molecule has 0 amide bonds. The summed E-state index contributed by atoms with van der Waals surface area (Å²) in [5, 5.41) is 3.63. The Balaban J connectivity index is 2.01. The molecule has 90 valence electrons. The second-order valence-corrected chi connectivity index (χ2v) is 4.44. The molecule has 3 nitrogen and oxygen atoms in total. The van der Waals surface area contributed by atoms with E-state index in [0.717, 1.165) is 39.0 Å². The van der Waals surface area contributed by atoms with Gasteiger partial charge < -0.3 is 14.5 Å². The molecule has 16 heavy (non-hydrogen) atoms. The molecule has 1 fully saturated rings.